The van der Waals surface area contributed by atoms with Gasteiger partial charge in [-0.25, -0.2) is 4.98 Å². The quantitative estimate of drug-likeness (QED) is 0.493. The highest BCUT2D eigenvalue weighted by Gasteiger charge is 2.14. The maximum atomic E-state index is 6.37. The Bertz CT molecular complexity index is 797. The maximum absolute atomic E-state index is 6.37. The Hall–Kier alpha value is -1.99. The molecule has 0 unspecified atom stereocenters. The molecule has 0 atom stereocenters. The summed E-state index contributed by atoms with van der Waals surface area (Å²) >= 11 is 11.2. The zero-order valence-electron chi connectivity index (χ0n) is 13.3. The van der Waals surface area contributed by atoms with Crippen LogP contribution in [0, 0.1) is 11.7 Å². The average molecular weight is 351 g/mol. The van der Waals surface area contributed by atoms with Gasteiger partial charge in [-0.3, -0.25) is 10.1 Å². The van der Waals surface area contributed by atoms with E-state index < -0.39 is 0 Å². The van der Waals surface area contributed by atoms with Gasteiger partial charge in [-0.2, -0.15) is 5.10 Å². The number of aryl methyl sites for hydroxylation is 1. The average Bonchev–Trinajstić information content (AvgIpc) is 2.82. The van der Waals surface area contributed by atoms with Crippen molar-refractivity contribution in [3.63, 3.8) is 0 Å². The molecule has 2 rings (SSSR count). The fourth-order valence-corrected chi connectivity index (χ4v) is 2.44. The number of nitrogens with zero attached hydrogens (tertiary/aromatic N) is 4. The smallest absolute Gasteiger partial charge is 0.195 e. The third kappa shape index (κ3) is 4.05. The van der Waals surface area contributed by atoms with Crippen molar-refractivity contribution in [3.8, 4) is 0 Å². The fourth-order valence-electron chi connectivity index (χ4n) is 2.06. The molecule has 2 aromatic heterocycles. The molecule has 2 heterocycles. The summed E-state index contributed by atoms with van der Waals surface area (Å²) in [6, 6.07) is 3.59. The highest BCUT2D eigenvalue weighted by atomic mass is 35.5. The number of aromatic amines is 1. The van der Waals surface area contributed by atoms with Gasteiger partial charge in [-0.05, 0) is 37.7 Å². The van der Waals surface area contributed by atoms with Crippen LogP contribution >= 0.6 is 23.8 Å². The first kappa shape index (κ1) is 17.4. The first-order valence-corrected chi connectivity index (χ1v) is 7.98. The Morgan fingerprint density at radius 3 is 2.83 bits per heavy atom. The number of pyridine rings is 1. The molecule has 0 saturated carbocycles. The lowest BCUT2D eigenvalue weighted by atomic mass is 10.1. The summed E-state index contributed by atoms with van der Waals surface area (Å²) in [7, 11) is 1.83. The molecule has 0 spiro atoms. The van der Waals surface area contributed by atoms with Crippen LogP contribution in [0.1, 0.15) is 30.4 Å². The van der Waals surface area contributed by atoms with Crippen LogP contribution < -0.4 is 5.73 Å². The van der Waals surface area contributed by atoms with Gasteiger partial charge in [0.25, 0.3) is 0 Å². The molecule has 23 heavy (non-hydrogen) atoms. The van der Waals surface area contributed by atoms with Crippen molar-refractivity contribution in [1.29, 1.82) is 0 Å². The fraction of sp³-hybridized carbons (Fsp3) is 0.333. The van der Waals surface area contributed by atoms with E-state index in [9.17, 15) is 0 Å². The zero-order chi connectivity index (χ0) is 17.0. The van der Waals surface area contributed by atoms with Crippen LogP contribution in [0.3, 0.4) is 0 Å². The molecule has 0 amide bonds. The molecule has 2 aromatic rings. The molecule has 0 radical (unpaired) electrons. The van der Waals surface area contributed by atoms with Crippen molar-refractivity contribution in [2.75, 3.05) is 6.54 Å². The summed E-state index contributed by atoms with van der Waals surface area (Å²) in [6.45, 7) is 4.64. The van der Waals surface area contributed by atoms with Gasteiger partial charge >= 0.3 is 0 Å². The van der Waals surface area contributed by atoms with Gasteiger partial charge in [-0.15, -0.1) is 0 Å². The van der Waals surface area contributed by atoms with Gasteiger partial charge in [0, 0.05) is 31.1 Å². The van der Waals surface area contributed by atoms with Crippen molar-refractivity contribution >= 4 is 41.3 Å². The van der Waals surface area contributed by atoms with E-state index in [0.29, 0.717) is 33.6 Å². The van der Waals surface area contributed by atoms with Crippen LogP contribution in [0.15, 0.2) is 17.1 Å². The van der Waals surface area contributed by atoms with Crippen LogP contribution in [-0.2, 0) is 7.05 Å². The van der Waals surface area contributed by atoms with E-state index >= 15 is 0 Å². The number of halogens is 1. The number of allylic oxidation sites excluding steroid dienone is 1. The third-order valence-corrected chi connectivity index (χ3v) is 3.78. The number of hydrogen-bond donors (Lipinski definition) is 2. The standard InChI is InChI=1S/C15H19ClN6S/c1-4-5-18-8-11(14-20-21-15(23)22(14)3)13(17)10-6-9(2)19-12(16)7-10/h6-8H,4-5,17H2,1-3H3,(H,21,23)/b13-11+,18-8?. The van der Waals surface area contributed by atoms with Gasteiger partial charge in [-0.1, -0.05) is 18.5 Å². The maximum Gasteiger partial charge on any atom is 0.195 e. The molecular formula is C15H19ClN6S. The molecule has 3 N–H and O–H groups in total. The van der Waals surface area contributed by atoms with Crippen LogP contribution in [0.5, 0.6) is 0 Å². The number of aliphatic imine (C=N–C) groups is 1. The summed E-state index contributed by atoms with van der Waals surface area (Å²) in [5.41, 5.74) is 9.14. The molecule has 0 fully saturated rings. The first-order valence-electron chi connectivity index (χ1n) is 7.20. The van der Waals surface area contributed by atoms with Crippen LogP contribution in [0.25, 0.3) is 11.3 Å². The van der Waals surface area contributed by atoms with Crippen molar-refractivity contribution in [2.45, 2.75) is 20.3 Å². The predicted molar refractivity (Wildman–Crippen MR) is 97.0 cm³/mol. The van der Waals surface area contributed by atoms with Gasteiger partial charge in [0.1, 0.15) is 5.15 Å². The number of H-pyrrole nitrogens is 1. The van der Waals surface area contributed by atoms with Gasteiger partial charge in [0.05, 0.1) is 11.3 Å². The molecule has 0 aliphatic heterocycles. The van der Waals surface area contributed by atoms with Crippen molar-refractivity contribution in [3.05, 3.63) is 39.1 Å². The molecule has 0 aliphatic carbocycles. The highest BCUT2D eigenvalue weighted by Crippen LogP contribution is 2.22. The second kappa shape index (κ2) is 7.52. The van der Waals surface area contributed by atoms with E-state index in [0.717, 1.165) is 17.7 Å². The zero-order valence-corrected chi connectivity index (χ0v) is 14.9. The van der Waals surface area contributed by atoms with Gasteiger partial charge < -0.3 is 10.3 Å². The minimum Gasteiger partial charge on any atom is -0.398 e. The van der Waals surface area contributed by atoms with E-state index in [-0.39, 0.29) is 0 Å². The summed E-state index contributed by atoms with van der Waals surface area (Å²) < 4.78 is 2.27. The molecule has 0 aliphatic rings. The largest absolute Gasteiger partial charge is 0.398 e. The van der Waals surface area contributed by atoms with Crippen molar-refractivity contribution in [1.82, 2.24) is 19.7 Å². The summed E-state index contributed by atoms with van der Waals surface area (Å²) in [5.74, 6) is 0.623. The molecule has 6 nitrogen and oxygen atoms in total. The molecule has 122 valence electrons. The number of nitrogens with two attached hydrogens (primary N) is 1. The SMILES string of the molecule is CCCN=C/C(=C(\N)c1cc(C)nc(Cl)c1)c1n[nH]c(=S)n1C. The highest BCUT2D eigenvalue weighted by molar-refractivity contribution is 7.71. The Balaban J connectivity index is 2.63. The molecule has 0 bridgehead atoms. The Morgan fingerprint density at radius 1 is 1.52 bits per heavy atom. The first-order chi connectivity index (χ1) is 10.9. The topological polar surface area (TPSA) is 84.9 Å². The van der Waals surface area contributed by atoms with Crippen LogP contribution in [-0.4, -0.2) is 32.5 Å². The lowest BCUT2D eigenvalue weighted by Crippen LogP contribution is -2.08. The number of aromatic nitrogens is 4. The van der Waals surface area contributed by atoms with E-state index in [4.69, 9.17) is 29.6 Å². The summed E-state index contributed by atoms with van der Waals surface area (Å²) in [4.78, 5) is 8.55. The minimum absolute atomic E-state index is 0.392. The monoisotopic (exact) mass is 350 g/mol. The summed E-state index contributed by atoms with van der Waals surface area (Å²) in [5, 5.41) is 7.41. The normalized spacial score (nSPS) is 12.7. The lowest BCUT2D eigenvalue weighted by Gasteiger charge is -2.09. The molecule has 0 aromatic carbocycles. The Labute approximate surface area is 145 Å². The van der Waals surface area contributed by atoms with Crippen molar-refractivity contribution in [2.24, 2.45) is 17.8 Å². The van der Waals surface area contributed by atoms with Gasteiger partial charge in [0.2, 0.25) is 0 Å². The second-order valence-corrected chi connectivity index (χ2v) is 5.87. The minimum atomic E-state index is 0.392. The number of nitrogens with one attached hydrogen (secondary N) is 1. The number of hydrogen-bond acceptors (Lipinski definition) is 5. The number of rotatable bonds is 5. The third-order valence-electron chi connectivity index (χ3n) is 3.22. The van der Waals surface area contributed by atoms with Crippen LogP contribution in [0.2, 0.25) is 5.15 Å². The second-order valence-electron chi connectivity index (χ2n) is 5.09. The Morgan fingerprint density at radius 2 is 2.26 bits per heavy atom. The van der Waals surface area contributed by atoms with Crippen LogP contribution in [0.4, 0.5) is 0 Å². The summed E-state index contributed by atoms with van der Waals surface area (Å²) in [6.07, 6.45) is 2.68. The molecular weight excluding hydrogens is 332 g/mol. The van der Waals surface area contributed by atoms with E-state index in [1.54, 1.807) is 16.8 Å². The van der Waals surface area contributed by atoms with E-state index in [1.165, 1.54) is 0 Å². The molecule has 0 saturated heterocycles. The van der Waals surface area contributed by atoms with Gasteiger partial charge in [0.15, 0.2) is 10.6 Å². The lowest BCUT2D eigenvalue weighted by molar-refractivity contribution is 0.877. The van der Waals surface area contributed by atoms with E-state index in [2.05, 4.69) is 27.1 Å². The van der Waals surface area contributed by atoms with Crippen molar-refractivity contribution < 1.29 is 0 Å². The Kier molecular flexibility index (Phi) is 5.68. The van der Waals surface area contributed by atoms with E-state index in [1.807, 2.05) is 20.0 Å². The molecule has 8 heteroatoms. The predicted octanol–water partition coefficient (Wildman–Crippen LogP) is 3.14.